The monoisotopic (exact) mass is 424 g/mol. The molecule has 1 aliphatic rings. The Hall–Kier alpha value is -3.16. The molecule has 0 amide bonds. The predicted octanol–water partition coefficient (Wildman–Crippen LogP) is 4.48. The van der Waals surface area contributed by atoms with Crippen LogP contribution in [0.1, 0.15) is 54.5 Å². The number of halogens is 2. The summed E-state index contributed by atoms with van der Waals surface area (Å²) in [6.07, 6.45) is -1.56. The van der Waals surface area contributed by atoms with E-state index in [0.29, 0.717) is 29.6 Å². The quantitative estimate of drug-likeness (QED) is 0.452. The van der Waals surface area contributed by atoms with Gasteiger partial charge in [-0.15, -0.1) is 0 Å². The summed E-state index contributed by atoms with van der Waals surface area (Å²) in [4.78, 5) is 0. The summed E-state index contributed by atoms with van der Waals surface area (Å²) in [6.45, 7) is 6.16. The van der Waals surface area contributed by atoms with Gasteiger partial charge in [-0.2, -0.15) is 10.2 Å². The number of rotatable bonds is 6. The SMILES string of the molecule is CCn1nc(C2CC2c2ccc(CC(F)F)cc2)cc1-c1cc(C)c(=N)n(C(C)=N)n1. The molecule has 162 valence electrons. The molecule has 0 aliphatic heterocycles. The summed E-state index contributed by atoms with van der Waals surface area (Å²) in [6, 6.07) is 11.4. The van der Waals surface area contributed by atoms with Crippen molar-refractivity contribution < 1.29 is 8.78 Å². The molecule has 0 saturated heterocycles. The van der Waals surface area contributed by atoms with E-state index in [1.165, 1.54) is 4.68 Å². The van der Waals surface area contributed by atoms with Crippen molar-refractivity contribution in [3.63, 3.8) is 0 Å². The van der Waals surface area contributed by atoms with Gasteiger partial charge >= 0.3 is 0 Å². The van der Waals surface area contributed by atoms with Crippen LogP contribution in [-0.4, -0.2) is 31.8 Å². The molecular weight excluding hydrogens is 398 g/mol. The van der Waals surface area contributed by atoms with Gasteiger partial charge in [-0.3, -0.25) is 15.5 Å². The Morgan fingerprint density at radius 3 is 2.48 bits per heavy atom. The molecule has 0 radical (unpaired) electrons. The zero-order chi connectivity index (χ0) is 22.3. The van der Waals surface area contributed by atoms with E-state index in [9.17, 15) is 8.78 Å². The van der Waals surface area contributed by atoms with Crippen LogP contribution in [0.25, 0.3) is 11.4 Å². The van der Waals surface area contributed by atoms with Crippen LogP contribution in [0.15, 0.2) is 36.4 Å². The van der Waals surface area contributed by atoms with E-state index in [2.05, 4.69) is 5.10 Å². The van der Waals surface area contributed by atoms with Crippen molar-refractivity contribution in [2.75, 3.05) is 0 Å². The van der Waals surface area contributed by atoms with Crippen LogP contribution in [0.3, 0.4) is 0 Å². The molecule has 1 fully saturated rings. The van der Waals surface area contributed by atoms with E-state index in [1.807, 2.05) is 42.8 Å². The van der Waals surface area contributed by atoms with Gasteiger partial charge in [-0.1, -0.05) is 24.3 Å². The first kappa shape index (κ1) is 21.1. The average molecular weight is 424 g/mol. The third-order valence-electron chi connectivity index (χ3n) is 5.79. The molecule has 6 nitrogen and oxygen atoms in total. The van der Waals surface area contributed by atoms with Crippen LogP contribution < -0.4 is 5.49 Å². The fourth-order valence-electron chi connectivity index (χ4n) is 4.03. The number of benzene rings is 1. The zero-order valence-corrected chi connectivity index (χ0v) is 17.9. The third-order valence-corrected chi connectivity index (χ3v) is 5.79. The maximum atomic E-state index is 12.6. The second kappa shape index (κ2) is 8.17. The number of aromatic nitrogens is 4. The lowest BCUT2D eigenvalue weighted by molar-refractivity contribution is 0.149. The molecule has 2 heterocycles. The predicted molar refractivity (Wildman–Crippen MR) is 115 cm³/mol. The second-order valence-electron chi connectivity index (χ2n) is 8.11. The fraction of sp³-hybridized carbons (Fsp3) is 0.391. The molecule has 1 saturated carbocycles. The second-order valence-corrected chi connectivity index (χ2v) is 8.11. The molecular formula is C23H26F2N6. The number of alkyl halides is 2. The van der Waals surface area contributed by atoms with Gasteiger partial charge in [-0.05, 0) is 61.9 Å². The standard InChI is InChI=1S/C23H26F2N6/c1-4-30-21(20-9-13(2)23(27)31(29-20)14(3)26)12-19(28-30)18-11-17(18)16-7-5-15(6-8-16)10-22(24)25/h5-9,12,17-18,22,26-27H,4,10-11H2,1-3H3. The van der Waals surface area contributed by atoms with Gasteiger partial charge in [0.25, 0.3) is 0 Å². The Labute approximate surface area is 179 Å². The lowest BCUT2D eigenvalue weighted by Gasteiger charge is -2.09. The van der Waals surface area contributed by atoms with Gasteiger partial charge in [0, 0.05) is 18.9 Å². The number of aryl methyl sites for hydroxylation is 2. The third kappa shape index (κ3) is 4.19. The smallest absolute Gasteiger partial charge is 0.242 e. The van der Waals surface area contributed by atoms with Crippen molar-refractivity contribution in [3.8, 4) is 11.4 Å². The van der Waals surface area contributed by atoms with Gasteiger partial charge in [-0.25, -0.2) is 13.5 Å². The summed E-state index contributed by atoms with van der Waals surface area (Å²) < 4.78 is 28.4. The molecule has 0 bridgehead atoms. The van der Waals surface area contributed by atoms with E-state index >= 15 is 0 Å². The van der Waals surface area contributed by atoms with Gasteiger partial charge in [0.2, 0.25) is 6.43 Å². The van der Waals surface area contributed by atoms with Gasteiger partial charge < -0.3 is 0 Å². The first-order valence-electron chi connectivity index (χ1n) is 10.4. The maximum Gasteiger partial charge on any atom is 0.242 e. The Balaban J connectivity index is 1.61. The van der Waals surface area contributed by atoms with Crippen molar-refractivity contribution in [3.05, 3.63) is 64.3 Å². The molecule has 1 aromatic carbocycles. The molecule has 2 atom stereocenters. The van der Waals surface area contributed by atoms with Crippen molar-refractivity contribution in [2.24, 2.45) is 0 Å². The number of hydrogen-bond acceptors (Lipinski definition) is 4. The van der Waals surface area contributed by atoms with Gasteiger partial charge in [0.15, 0.2) is 5.49 Å². The highest BCUT2D eigenvalue weighted by atomic mass is 19.3. The summed E-state index contributed by atoms with van der Waals surface area (Å²) in [5, 5.41) is 25.3. The Kier molecular flexibility index (Phi) is 5.56. The van der Waals surface area contributed by atoms with Crippen LogP contribution >= 0.6 is 0 Å². The molecule has 2 N–H and O–H groups in total. The van der Waals surface area contributed by atoms with Crippen LogP contribution in [-0.2, 0) is 13.0 Å². The molecule has 31 heavy (non-hydrogen) atoms. The van der Waals surface area contributed by atoms with Crippen LogP contribution in [0.2, 0.25) is 0 Å². The highest BCUT2D eigenvalue weighted by Crippen LogP contribution is 2.54. The summed E-state index contributed by atoms with van der Waals surface area (Å²) in [5.74, 6) is 0.823. The first-order valence-corrected chi connectivity index (χ1v) is 10.4. The molecule has 1 aliphatic carbocycles. The maximum absolute atomic E-state index is 12.6. The van der Waals surface area contributed by atoms with Crippen LogP contribution in [0, 0.1) is 17.7 Å². The Bertz CT molecular complexity index is 1180. The van der Waals surface area contributed by atoms with Gasteiger partial charge in [0.1, 0.15) is 11.5 Å². The number of nitrogens with zero attached hydrogens (tertiary/aromatic N) is 4. The molecule has 2 unspecified atom stereocenters. The molecule has 8 heteroatoms. The van der Waals surface area contributed by atoms with E-state index in [1.54, 1.807) is 19.1 Å². The van der Waals surface area contributed by atoms with Crippen LogP contribution in [0.5, 0.6) is 0 Å². The van der Waals surface area contributed by atoms with Crippen molar-refractivity contribution in [2.45, 2.75) is 58.4 Å². The van der Waals surface area contributed by atoms with E-state index in [-0.39, 0.29) is 17.7 Å². The minimum absolute atomic E-state index is 0.190. The van der Waals surface area contributed by atoms with Crippen molar-refractivity contribution in [1.82, 2.24) is 19.6 Å². The molecule has 0 spiro atoms. The summed E-state index contributed by atoms with van der Waals surface area (Å²) in [5.41, 5.74) is 5.31. The molecule has 4 rings (SSSR count). The number of nitrogens with one attached hydrogen (secondary N) is 2. The largest absolute Gasteiger partial charge is 0.287 e. The molecule has 2 aromatic heterocycles. The van der Waals surface area contributed by atoms with Crippen LogP contribution in [0.4, 0.5) is 8.78 Å². The van der Waals surface area contributed by atoms with E-state index in [4.69, 9.17) is 15.9 Å². The van der Waals surface area contributed by atoms with Crippen molar-refractivity contribution >= 4 is 5.84 Å². The average Bonchev–Trinajstić information content (AvgIpc) is 3.40. The van der Waals surface area contributed by atoms with E-state index < -0.39 is 6.43 Å². The van der Waals surface area contributed by atoms with Crippen molar-refractivity contribution in [1.29, 1.82) is 10.8 Å². The topological polar surface area (TPSA) is 83.3 Å². The highest BCUT2D eigenvalue weighted by molar-refractivity contribution is 5.78. The first-order chi connectivity index (χ1) is 14.8. The Morgan fingerprint density at radius 1 is 1.16 bits per heavy atom. The highest BCUT2D eigenvalue weighted by Gasteiger charge is 2.41. The minimum Gasteiger partial charge on any atom is -0.287 e. The van der Waals surface area contributed by atoms with E-state index in [0.717, 1.165) is 28.9 Å². The summed E-state index contributed by atoms with van der Waals surface area (Å²) >= 11 is 0. The number of hydrogen-bond donors (Lipinski definition) is 2. The molecule has 3 aromatic rings. The normalized spacial score (nSPS) is 17.9. The summed E-state index contributed by atoms with van der Waals surface area (Å²) in [7, 11) is 0. The Morgan fingerprint density at radius 2 is 1.87 bits per heavy atom. The van der Waals surface area contributed by atoms with Gasteiger partial charge in [0.05, 0.1) is 11.4 Å². The lowest BCUT2D eigenvalue weighted by atomic mass is 10.0. The fourth-order valence-corrected chi connectivity index (χ4v) is 4.03. The minimum atomic E-state index is -2.33. The lowest BCUT2D eigenvalue weighted by Crippen LogP contribution is -2.29. The zero-order valence-electron chi connectivity index (χ0n) is 17.9.